The van der Waals surface area contributed by atoms with E-state index in [2.05, 4.69) is 17.1 Å². The van der Waals surface area contributed by atoms with E-state index in [1.807, 2.05) is 11.8 Å². The molecule has 1 aromatic rings. The number of carbonyl (C=O) groups excluding carboxylic acids is 2. The molecule has 2 heterocycles. The normalized spacial score (nSPS) is 18.9. The lowest BCUT2D eigenvalue weighted by molar-refractivity contribution is 0.0964. The molecule has 0 aliphatic carbocycles. The summed E-state index contributed by atoms with van der Waals surface area (Å²) in [7, 11) is 1.57. The summed E-state index contributed by atoms with van der Waals surface area (Å²) in [6, 6.07) is 0. The predicted octanol–water partition coefficient (Wildman–Crippen LogP) is 1.83. The van der Waals surface area contributed by atoms with Gasteiger partial charge in [0.05, 0.1) is 16.1 Å². The summed E-state index contributed by atoms with van der Waals surface area (Å²) >= 11 is 3.25. The fourth-order valence-corrected chi connectivity index (χ4v) is 4.43. The second-order valence-corrected chi connectivity index (χ2v) is 7.33. The van der Waals surface area contributed by atoms with Gasteiger partial charge in [-0.3, -0.25) is 9.59 Å². The topological polar surface area (TPSA) is 75.4 Å². The number of hydrogen-bond acceptors (Lipinski definition) is 6. The first-order chi connectivity index (χ1) is 9.45. The standard InChI is InChI=1S/C13H19N3O2S2/c1-7-6-16(4-5-19-7)13-9(12(18)15-3)10(14)11(20-13)8(2)17/h7H,4-6,14H2,1-3H3,(H,15,18). The van der Waals surface area contributed by atoms with Gasteiger partial charge in [0.25, 0.3) is 5.91 Å². The third-order valence-electron chi connectivity index (χ3n) is 3.23. The van der Waals surface area contributed by atoms with Gasteiger partial charge >= 0.3 is 0 Å². The Morgan fingerprint density at radius 2 is 2.15 bits per heavy atom. The molecule has 20 heavy (non-hydrogen) atoms. The Bertz CT molecular complexity index is 542. The second kappa shape index (κ2) is 6.05. The average Bonchev–Trinajstić information content (AvgIpc) is 2.75. The van der Waals surface area contributed by atoms with E-state index < -0.39 is 0 Å². The highest BCUT2D eigenvalue weighted by atomic mass is 32.2. The highest BCUT2D eigenvalue weighted by Gasteiger charge is 2.28. The maximum atomic E-state index is 12.1. The minimum atomic E-state index is -0.230. The third-order valence-corrected chi connectivity index (χ3v) is 5.73. The molecule has 2 rings (SSSR count). The first-order valence-corrected chi connectivity index (χ1v) is 8.34. The molecule has 0 radical (unpaired) electrons. The van der Waals surface area contributed by atoms with Crippen LogP contribution in [0.25, 0.3) is 0 Å². The summed E-state index contributed by atoms with van der Waals surface area (Å²) in [6.45, 7) is 5.38. The van der Waals surface area contributed by atoms with Crippen molar-refractivity contribution in [3.63, 3.8) is 0 Å². The van der Waals surface area contributed by atoms with Crippen LogP contribution in [0.3, 0.4) is 0 Å². The lowest BCUT2D eigenvalue weighted by Gasteiger charge is -2.31. The molecule has 1 aliphatic rings. The molecule has 0 spiro atoms. The van der Waals surface area contributed by atoms with Gasteiger partial charge in [-0.2, -0.15) is 11.8 Å². The van der Waals surface area contributed by atoms with Crippen molar-refractivity contribution < 1.29 is 9.59 Å². The number of hydrogen-bond donors (Lipinski definition) is 2. The molecule has 3 N–H and O–H groups in total. The van der Waals surface area contributed by atoms with Gasteiger partial charge in [0.2, 0.25) is 0 Å². The number of Topliss-reactive ketones (excluding diaryl/α,β-unsaturated/α-hetero) is 1. The quantitative estimate of drug-likeness (QED) is 0.833. The van der Waals surface area contributed by atoms with E-state index in [0.717, 1.165) is 23.8 Å². The number of amides is 1. The Balaban J connectivity index is 2.47. The van der Waals surface area contributed by atoms with Crippen molar-refractivity contribution in [2.75, 3.05) is 36.5 Å². The lowest BCUT2D eigenvalue weighted by atomic mass is 10.2. The summed E-state index contributed by atoms with van der Waals surface area (Å²) in [4.78, 5) is 26.4. The number of thiophene rings is 1. The highest BCUT2D eigenvalue weighted by molar-refractivity contribution is 8.00. The smallest absolute Gasteiger partial charge is 0.256 e. The number of rotatable bonds is 3. The summed E-state index contributed by atoms with van der Waals surface area (Å²) in [5.74, 6) is 0.692. The van der Waals surface area contributed by atoms with Crippen LogP contribution in [0.2, 0.25) is 0 Å². The van der Waals surface area contributed by atoms with E-state index in [1.165, 1.54) is 18.3 Å². The number of anilines is 2. The number of nitrogens with one attached hydrogen (secondary N) is 1. The van der Waals surface area contributed by atoms with Crippen LogP contribution in [-0.2, 0) is 0 Å². The first kappa shape index (κ1) is 15.2. The van der Waals surface area contributed by atoms with Crippen LogP contribution in [0.5, 0.6) is 0 Å². The Morgan fingerprint density at radius 1 is 1.45 bits per heavy atom. The molecule has 5 nitrogen and oxygen atoms in total. The van der Waals surface area contributed by atoms with Gasteiger partial charge in [-0.15, -0.1) is 11.3 Å². The maximum absolute atomic E-state index is 12.1. The fraction of sp³-hybridized carbons (Fsp3) is 0.538. The van der Waals surface area contributed by atoms with Gasteiger partial charge in [0.15, 0.2) is 5.78 Å². The number of carbonyl (C=O) groups is 2. The van der Waals surface area contributed by atoms with Gasteiger partial charge in [-0.05, 0) is 0 Å². The van der Waals surface area contributed by atoms with Gasteiger partial charge < -0.3 is 16.0 Å². The maximum Gasteiger partial charge on any atom is 0.256 e. The molecular formula is C13H19N3O2S2. The van der Waals surface area contributed by atoms with E-state index >= 15 is 0 Å². The van der Waals surface area contributed by atoms with Crippen LogP contribution in [-0.4, -0.2) is 42.8 Å². The molecule has 0 aromatic carbocycles. The van der Waals surface area contributed by atoms with Crippen molar-refractivity contribution in [2.45, 2.75) is 19.1 Å². The SMILES string of the molecule is CNC(=O)c1c(N2CCSC(C)C2)sc(C(C)=O)c1N. The number of thioether (sulfide) groups is 1. The summed E-state index contributed by atoms with van der Waals surface area (Å²) < 4.78 is 0. The molecule has 0 saturated carbocycles. The molecule has 110 valence electrons. The number of nitrogen functional groups attached to an aromatic ring is 1. The van der Waals surface area contributed by atoms with E-state index in [1.54, 1.807) is 7.05 Å². The van der Waals surface area contributed by atoms with Crippen molar-refractivity contribution in [1.82, 2.24) is 5.32 Å². The first-order valence-electron chi connectivity index (χ1n) is 6.47. The number of nitrogens with zero attached hydrogens (tertiary/aromatic N) is 1. The Hall–Kier alpha value is -1.21. The largest absolute Gasteiger partial charge is 0.397 e. The zero-order chi connectivity index (χ0) is 14.9. The summed E-state index contributed by atoms with van der Waals surface area (Å²) in [5.41, 5.74) is 6.77. The predicted molar refractivity (Wildman–Crippen MR) is 86.3 cm³/mol. The zero-order valence-corrected chi connectivity index (χ0v) is 13.5. The Kier molecular flexibility index (Phi) is 4.59. The summed E-state index contributed by atoms with van der Waals surface area (Å²) in [5, 5.41) is 3.93. The van der Waals surface area contributed by atoms with Crippen LogP contribution in [0.1, 0.15) is 33.9 Å². The van der Waals surface area contributed by atoms with Crippen molar-refractivity contribution in [1.29, 1.82) is 0 Å². The van der Waals surface area contributed by atoms with Crippen molar-refractivity contribution >= 4 is 45.5 Å². The zero-order valence-electron chi connectivity index (χ0n) is 11.9. The highest BCUT2D eigenvalue weighted by Crippen LogP contribution is 2.40. The van der Waals surface area contributed by atoms with E-state index in [0.29, 0.717) is 21.4 Å². The van der Waals surface area contributed by atoms with Crippen molar-refractivity contribution in [2.24, 2.45) is 0 Å². The van der Waals surface area contributed by atoms with E-state index in [4.69, 9.17) is 5.73 Å². The second-order valence-electron chi connectivity index (χ2n) is 4.79. The minimum absolute atomic E-state index is 0.0941. The Morgan fingerprint density at radius 3 is 2.70 bits per heavy atom. The fourth-order valence-electron chi connectivity index (χ4n) is 2.26. The monoisotopic (exact) mass is 313 g/mol. The van der Waals surface area contributed by atoms with Crippen molar-refractivity contribution in [3.05, 3.63) is 10.4 Å². The molecule has 1 aromatic heterocycles. The third kappa shape index (κ3) is 2.78. The van der Waals surface area contributed by atoms with Crippen LogP contribution >= 0.6 is 23.1 Å². The molecule has 1 amide bonds. The molecule has 1 saturated heterocycles. The van der Waals surface area contributed by atoms with Crippen molar-refractivity contribution in [3.8, 4) is 0 Å². The van der Waals surface area contributed by atoms with Gasteiger partial charge in [0, 0.05) is 38.1 Å². The Labute approximate surface area is 126 Å². The lowest BCUT2D eigenvalue weighted by Crippen LogP contribution is -2.37. The van der Waals surface area contributed by atoms with Crippen LogP contribution < -0.4 is 16.0 Å². The van der Waals surface area contributed by atoms with Gasteiger partial charge in [-0.1, -0.05) is 6.92 Å². The minimum Gasteiger partial charge on any atom is -0.397 e. The van der Waals surface area contributed by atoms with Gasteiger partial charge in [0.1, 0.15) is 5.00 Å². The molecule has 1 unspecified atom stereocenters. The van der Waals surface area contributed by atoms with Crippen LogP contribution in [0.4, 0.5) is 10.7 Å². The summed E-state index contributed by atoms with van der Waals surface area (Å²) in [6.07, 6.45) is 0. The van der Waals surface area contributed by atoms with E-state index in [-0.39, 0.29) is 11.7 Å². The molecule has 0 bridgehead atoms. The van der Waals surface area contributed by atoms with Gasteiger partial charge in [-0.25, -0.2) is 0 Å². The van der Waals surface area contributed by atoms with E-state index in [9.17, 15) is 9.59 Å². The molecular weight excluding hydrogens is 294 g/mol. The molecule has 1 aliphatic heterocycles. The number of nitrogens with two attached hydrogens (primary N) is 1. The molecule has 1 atom stereocenters. The molecule has 7 heteroatoms. The number of ketones is 1. The molecule has 1 fully saturated rings. The average molecular weight is 313 g/mol. The van der Waals surface area contributed by atoms with Crippen LogP contribution in [0, 0.1) is 0 Å². The van der Waals surface area contributed by atoms with Crippen LogP contribution in [0.15, 0.2) is 0 Å².